The summed E-state index contributed by atoms with van der Waals surface area (Å²) in [5.41, 5.74) is -0.342. The van der Waals surface area contributed by atoms with E-state index < -0.39 is 17.7 Å². The number of carbonyl (C=O) groups excluding carboxylic acids is 2. The van der Waals surface area contributed by atoms with Gasteiger partial charge in [0.2, 0.25) is 0 Å². The zero-order chi connectivity index (χ0) is 15.3. The van der Waals surface area contributed by atoms with Crippen LogP contribution in [0.5, 0.6) is 0 Å². The predicted octanol–water partition coefficient (Wildman–Crippen LogP) is 3.26. The van der Waals surface area contributed by atoms with Crippen LogP contribution in [-0.2, 0) is 9.47 Å². The lowest BCUT2D eigenvalue weighted by Crippen LogP contribution is -2.28. The molecule has 0 saturated carbocycles. The topological polar surface area (TPSA) is 77.5 Å². The van der Waals surface area contributed by atoms with E-state index >= 15 is 0 Å². The molecule has 6 nitrogen and oxygen atoms in total. The number of hydrogen-bond donors (Lipinski definition) is 1. The summed E-state index contributed by atoms with van der Waals surface area (Å²) >= 11 is 5.76. The van der Waals surface area contributed by atoms with Gasteiger partial charge in [-0.3, -0.25) is 5.32 Å². The third-order valence-corrected chi connectivity index (χ3v) is 2.21. The fourth-order valence-electron chi connectivity index (χ4n) is 1.32. The number of ether oxygens (including phenoxy) is 2. The second kappa shape index (κ2) is 6.56. The molecule has 0 atom stereocenters. The van der Waals surface area contributed by atoms with E-state index in [0.717, 1.165) is 0 Å². The van der Waals surface area contributed by atoms with Crippen molar-refractivity contribution in [2.24, 2.45) is 0 Å². The van der Waals surface area contributed by atoms with Crippen molar-refractivity contribution >= 4 is 29.4 Å². The van der Waals surface area contributed by atoms with Crippen LogP contribution < -0.4 is 5.32 Å². The maximum atomic E-state index is 11.7. The summed E-state index contributed by atoms with van der Waals surface area (Å²) in [6, 6.07) is 1.36. The second-order valence-electron chi connectivity index (χ2n) is 4.90. The summed E-state index contributed by atoms with van der Waals surface area (Å²) in [5, 5.41) is 2.60. The second-order valence-corrected chi connectivity index (χ2v) is 5.29. The summed E-state index contributed by atoms with van der Waals surface area (Å²) < 4.78 is 9.99. The number of esters is 1. The maximum absolute atomic E-state index is 11.7. The van der Waals surface area contributed by atoms with Crippen LogP contribution in [0.25, 0.3) is 0 Å². The number of pyridine rings is 1. The molecule has 1 amide bonds. The molecule has 110 valence electrons. The van der Waals surface area contributed by atoms with E-state index in [-0.39, 0.29) is 23.0 Å². The van der Waals surface area contributed by atoms with Gasteiger partial charge in [-0.25, -0.2) is 14.6 Å². The molecule has 0 radical (unpaired) electrons. The minimum atomic E-state index is -0.690. The Morgan fingerprint density at radius 1 is 1.40 bits per heavy atom. The van der Waals surface area contributed by atoms with Crippen molar-refractivity contribution in [3.05, 3.63) is 23.0 Å². The molecule has 0 bridgehead atoms. The molecule has 1 rings (SSSR count). The Bertz CT molecular complexity index is 512. The Hall–Kier alpha value is -1.82. The molecule has 0 aliphatic carbocycles. The van der Waals surface area contributed by atoms with Gasteiger partial charge >= 0.3 is 12.1 Å². The van der Waals surface area contributed by atoms with E-state index in [1.165, 1.54) is 12.3 Å². The number of anilines is 1. The smallest absolute Gasteiger partial charge is 0.412 e. The molecule has 0 spiro atoms. The molecule has 0 aliphatic heterocycles. The summed E-state index contributed by atoms with van der Waals surface area (Å²) in [6.45, 7) is 7.10. The number of halogens is 1. The molecular weight excluding hydrogens is 284 g/mol. The van der Waals surface area contributed by atoms with Crippen molar-refractivity contribution in [3.8, 4) is 0 Å². The summed E-state index contributed by atoms with van der Waals surface area (Å²) in [4.78, 5) is 27.3. The van der Waals surface area contributed by atoms with E-state index in [0.29, 0.717) is 0 Å². The Balaban J connectivity index is 2.95. The molecule has 0 aliphatic rings. The Morgan fingerprint density at radius 2 is 2.05 bits per heavy atom. The first-order valence-corrected chi connectivity index (χ1v) is 6.43. The van der Waals surface area contributed by atoms with Crippen molar-refractivity contribution < 1.29 is 19.1 Å². The molecule has 0 fully saturated rings. The van der Waals surface area contributed by atoms with Gasteiger partial charge in [-0.15, -0.1) is 0 Å². The fraction of sp³-hybridized carbons (Fsp3) is 0.462. The molecule has 20 heavy (non-hydrogen) atoms. The molecule has 0 unspecified atom stereocenters. The maximum Gasteiger partial charge on any atom is 0.412 e. The van der Waals surface area contributed by atoms with Crippen LogP contribution in [-0.4, -0.2) is 29.3 Å². The highest BCUT2D eigenvalue weighted by molar-refractivity contribution is 6.29. The molecule has 7 heteroatoms. The highest BCUT2D eigenvalue weighted by Crippen LogP contribution is 2.20. The molecule has 1 aromatic rings. The lowest BCUT2D eigenvalue weighted by Gasteiger charge is -2.20. The number of nitrogens with zero attached hydrogens (tertiary/aromatic N) is 1. The van der Waals surface area contributed by atoms with Gasteiger partial charge in [0.1, 0.15) is 16.3 Å². The van der Waals surface area contributed by atoms with E-state index in [2.05, 4.69) is 10.3 Å². The van der Waals surface area contributed by atoms with Crippen molar-refractivity contribution in [2.45, 2.75) is 33.3 Å². The first-order chi connectivity index (χ1) is 9.23. The fourth-order valence-corrected chi connectivity index (χ4v) is 1.48. The lowest BCUT2D eigenvalue weighted by atomic mass is 10.2. The first kappa shape index (κ1) is 16.2. The van der Waals surface area contributed by atoms with Gasteiger partial charge < -0.3 is 9.47 Å². The SMILES string of the molecule is CCOC(=O)c1cnc(Cl)cc1NC(=O)OC(C)(C)C. The van der Waals surface area contributed by atoms with Gasteiger partial charge in [0.05, 0.1) is 12.3 Å². The van der Waals surface area contributed by atoms with Crippen molar-refractivity contribution in [2.75, 3.05) is 11.9 Å². The zero-order valence-corrected chi connectivity index (χ0v) is 12.6. The standard InChI is InChI=1S/C13H17ClN2O4/c1-5-19-11(17)8-7-15-10(14)6-9(8)16-12(18)20-13(2,3)4/h6-7H,5H2,1-4H3,(H,15,16,18). The van der Waals surface area contributed by atoms with Crippen molar-refractivity contribution in [1.29, 1.82) is 0 Å². The van der Waals surface area contributed by atoms with E-state index in [4.69, 9.17) is 21.1 Å². The van der Waals surface area contributed by atoms with Crippen LogP contribution in [0.15, 0.2) is 12.3 Å². The predicted molar refractivity (Wildman–Crippen MR) is 75.1 cm³/mol. The summed E-state index contributed by atoms with van der Waals surface area (Å²) in [7, 11) is 0. The number of amides is 1. The van der Waals surface area contributed by atoms with Gasteiger partial charge in [0.15, 0.2) is 0 Å². The van der Waals surface area contributed by atoms with Gasteiger partial charge in [-0.05, 0) is 27.7 Å². The number of hydrogen-bond acceptors (Lipinski definition) is 5. The largest absolute Gasteiger partial charge is 0.462 e. The Morgan fingerprint density at radius 3 is 2.60 bits per heavy atom. The van der Waals surface area contributed by atoms with Crippen molar-refractivity contribution in [3.63, 3.8) is 0 Å². The molecule has 1 N–H and O–H groups in total. The first-order valence-electron chi connectivity index (χ1n) is 6.05. The number of rotatable bonds is 3. The number of nitrogens with one attached hydrogen (secondary N) is 1. The van der Waals surface area contributed by atoms with E-state index in [1.54, 1.807) is 27.7 Å². The van der Waals surface area contributed by atoms with Crippen LogP contribution in [0.4, 0.5) is 10.5 Å². The molecule has 1 aromatic heterocycles. The number of aromatic nitrogens is 1. The quantitative estimate of drug-likeness (QED) is 0.685. The Kier molecular flexibility index (Phi) is 5.33. The normalized spacial score (nSPS) is 10.8. The summed E-state index contributed by atoms with van der Waals surface area (Å²) in [5.74, 6) is -0.595. The summed E-state index contributed by atoms with van der Waals surface area (Å²) in [6.07, 6.45) is 0.554. The number of carbonyl (C=O) groups is 2. The van der Waals surface area contributed by atoms with Gasteiger partial charge in [0, 0.05) is 12.3 Å². The third kappa shape index (κ3) is 5.05. The van der Waals surface area contributed by atoms with E-state index in [9.17, 15) is 9.59 Å². The van der Waals surface area contributed by atoms with Gasteiger partial charge in [-0.2, -0.15) is 0 Å². The molecule has 0 saturated heterocycles. The van der Waals surface area contributed by atoms with Gasteiger partial charge in [0.25, 0.3) is 0 Å². The van der Waals surface area contributed by atoms with Crippen LogP contribution in [0, 0.1) is 0 Å². The average Bonchev–Trinajstić information content (AvgIpc) is 2.26. The highest BCUT2D eigenvalue weighted by Gasteiger charge is 2.20. The molecule has 0 aromatic carbocycles. The van der Waals surface area contributed by atoms with Crippen LogP contribution in [0.3, 0.4) is 0 Å². The van der Waals surface area contributed by atoms with Crippen molar-refractivity contribution in [1.82, 2.24) is 4.98 Å². The lowest BCUT2D eigenvalue weighted by molar-refractivity contribution is 0.0527. The van der Waals surface area contributed by atoms with E-state index in [1.807, 2.05) is 0 Å². The van der Waals surface area contributed by atoms with Crippen LogP contribution >= 0.6 is 11.6 Å². The van der Waals surface area contributed by atoms with Crippen LogP contribution in [0.1, 0.15) is 38.1 Å². The minimum Gasteiger partial charge on any atom is -0.462 e. The Labute approximate surface area is 122 Å². The minimum absolute atomic E-state index is 0.113. The van der Waals surface area contributed by atoms with Crippen LogP contribution in [0.2, 0.25) is 5.15 Å². The monoisotopic (exact) mass is 300 g/mol. The third-order valence-electron chi connectivity index (χ3n) is 2.00. The molecule has 1 heterocycles. The molecular formula is C13H17ClN2O4. The highest BCUT2D eigenvalue weighted by atomic mass is 35.5. The zero-order valence-electron chi connectivity index (χ0n) is 11.8. The average molecular weight is 301 g/mol. The van der Waals surface area contributed by atoms with Gasteiger partial charge in [-0.1, -0.05) is 11.6 Å².